The lowest BCUT2D eigenvalue weighted by Gasteiger charge is -1.93. The lowest BCUT2D eigenvalue weighted by molar-refractivity contribution is 0.628. The zero-order valence-electron chi connectivity index (χ0n) is 8.10. The van der Waals surface area contributed by atoms with E-state index in [4.69, 9.17) is 0 Å². The van der Waals surface area contributed by atoms with Crippen molar-refractivity contribution in [3.8, 4) is 0 Å². The fourth-order valence-electron chi connectivity index (χ4n) is 1.21. The third-order valence-electron chi connectivity index (χ3n) is 1.99. The quantitative estimate of drug-likeness (QED) is 0.655. The maximum Gasteiger partial charge on any atom is 0.123 e. The Labute approximate surface area is 87.9 Å². The molecule has 0 fully saturated rings. The Balaban J connectivity index is 2.15. The number of hydrogen-bond donors (Lipinski definition) is 0. The minimum Gasteiger partial charge on any atom is -0.256 e. The molecule has 2 aromatic carbocycles. The van der Waals surface area contributed by atoms with Crippen LogP contribution in [0, 0.1) is 5.82 Å². The molecule has 0 spiro atoms. The highest BCUT2D eigenvalue weighted by Gasteiger charge is 1.89. The Morgan fingerprint density at radius 1 is 0.867 bits per heavy atom. The summed E-state index contributed by atoms with van der Waals surface area (Å²) in [6.45, 7) is 0. The van der Waals surface area contributed by atoms with Crippen LogP contribution in [0.25, 0.3) is 0 Å². The average Bonchev–Trinajstić information content (AvgIpc) is 2.30. The Hall–Kier alpha value is -1.96. The van der Waals surface area contributed by atoms with E-state index in [0.717, 1.165) is 11.3 Å². The fourth-order valence-corrected chi connectivity index (χ4v) is 1.21. The molecule has 0 aromatic heterocycles. The van der Waals surface area contributed by atoms with Gasteiger partial charge in [0.2, 0.25) is 0 Å². The maximum absolute atomic E-state index is 12.6. The third kappa shape index (κ3) is 2.74. The van der Waals surface area contributed by atoms with Crippen molar-refractivity contribution in [3.63, 3.8) is 0 Å². The second-order valence-electron chi connectivity index (χ2n) is 3.15. The highest BCUT2D eigenvalue weighted by molar-refractivity contribution is 5.81. The second-order valence-corrected chi connectivity index (χ2v) is 3.15. The summed E-state index contributed by atoms with van der Waals surface area (Å²) in [5.74, 6) is -0.230. The molecule has 0 saturated carbocycles. The molecule has 0 bridgehead atoms. The van der Waals surface area contributed by atoms with Crippen LogP contribution in [0.15, 0.2) is 59.6 Å². The summed E-state index contributed by atoms with van der Waals surface area (Å²) in [5, 5.41) is 0. The Morgan fingerprint density at radius 3 is 2.20 bits per heavy atom. The molecule has 0 unspecified atom stereocenters. The van der Waals surface area contributed by atoms with Crippen molar-refractivity contribution in [2.45, 2.75) is 0 Å². The second kappa shape index (κ2) is 4.51. The van der Waals surface area contributed by atoms with Crippen LogP contribution in [0.2, 0.25) is 0 Å². The average molecular weight is 199 g/mol. The van der Waals surface area contributed by atoms with Crippen LogP contribution in [-0.4, -0.2) is 6.21 Å². The molecule has 2 aromatic rings. The van der Waals surface area contributed by atoms with Crippen molar-refractivity contribution in [3.05, 3.63) is 66.0 Å². The van der Waals surface area contributed by atoms with Crippen molar-refractivity contribution < 1.29 is 4.39 Å². The van der Waals surface area contributed by atoms with E-state index in [0.29, 0.717) is 0 Å². The smallest absolute Gasteiger partial charge is 0.123 e. The highest BCUT2D eigenvalue weighted by atomic mass is 19.1. The molecule has 15 heavy (non-hydrogen) atoms. The summed E-state index contributed by atoms with van der Waals surface area (Å²) in [6, 6.07) is 15.9. The van der Waals surface area contributed by atoms with Crippen LogP contribution >= 0.6 is 0 Å². The molecule has 0 N–H and O–H groups in total. The maximum atomic E-state index is 12.6. The van der Waals surface area contributed by atoms with Gasteiger partial charge in [0.25, 0.3) is 0 Å². The first-order valence-electron chi connectivity index (χ1n) is 4.69. The monoisotopic (exact) mass is 199 g/mol. The van der Waals surface area contributed by atoms with E-state index >= 15 is 0 Å². The molecular formula is C13H10FN. The van der Waals surface area contributed by atoms with Crippen LogP contribution < -0.4 is 0 Å². The first kappa shape index (κ1) is 9.59. The Kier molecular flexibility index (Phi) is 2.88. The van der Waals surface area contributed by atoms with Crippen LogP contribution in [0.1, 0.15) is 5.56 Å². The third-order valence-corrected chi connectivity index (χ3v) is 1.99. The van der Waals surface area contributed by atoms with Gasteiger partial charge in [-0.3, -0.25) is 4.99 Å². The summed E-state index contributed by atoms with van der Waals surface area (Å²) in [5.41, 5.74) is 1.78. The number of benzene rings is 2. The molecule has 0 amide bonds. The van der Waals surface area contributed by atoms with E-state index in [1.54, 1.807) is 18.3 Å². The van der Waals surface area contributed by atoms with Gasteiger partial charge in [0.15, 0.2) is 0 Å². The van der Waals surface area contributed by atoms with E-state index in [1.807, 2.05) is 30.3 Å². The summed E-state index contributed by atoms with van der Waals surface area (Å²) in [6.07, 6.45) is 1.72. The Morgan fingerprint density at radius 2 is 1.53 bits per heavy atom. The number of aliphatic imine (C=N–C) groups is 1. The summed E-state index contributed by atoms with van der Waals surface area (Å²) >= 11 is 0. The first-order valence-corrected chi connectivity index (χ1v) is 4.69. The number of para-hydroxylation sites is 1. The van der Waals surface area contributed by atoms with Gasteiger partial charge in [0.05, 0.1) is 5.69 Å². The van der Waals surface area contributed by atoms with Gasteiger partial charge in [-0.05, 0) is 29.8 Å². The van der Waals surface area contributed by atoms with Gasteiger partial charge in [-0.2, -0.15) is 0 Å². The predicted octanol–water partition coefficient (Wildman–Crippen LogP) is 3.58. The molecule has 0 radical (unpaired) electrons. The van der Waals surface area contributed by atoms with Crippen LogP contribution in [0.4, 0.5) is 10.1 Å². The molecule has 0 saturated heterocycles. The first-order chi connectivity index (χ1) is 7.34. The lowest BCUT2D eigenvalue weighted by atomic mass is 10.2. The normalized spacial score (nSPS) is 10.7. The SMILES string of the molecule is Fc1ccc(C=Nc2ccccc2)cc1. The van der Waals surface area contributed by atoms with Crippen LogP contribution in [-0.2, 0) is 0 Å². The van der Waals surface area contributed by atoms with Gasteiger partial charge in [0, 0.05) is 6.21 Å². The van der Waals surface area contributed by atoms with E-state index in [9.17, 15) is 4.39 Å². The molecule has 74 valence electrons. The van der Waals surface area contributed by atoms with Gasteiger partial charge in [-0.25, -0.2) is 4.39 Å². The molecular weight excluding hydrogens is 189 g/mol. The van der Waals surface area contributed by atoms with Gasteiger partial charge in [0.1, 0.15) is 5.82 Å². The molecule has 0 aliphatic carbocycles. The number of hydrogen-bond acceptors (Lipinski definition) is 1. The van der Waals surface area contributed by atoms with E-state index in [-0.39, 0.29) is 5.82 Å². The Bertz CT molecular complexity index is 446. The number of halogens is 1. The van der Waals surface area contributed by atoms with Crippen molar-refractivity contribution >= 4 is 11.9 Å². The molecule has 1 nitrogen and oxygen atoms in total. The molecule has 2 rings (SSSR count). The van der Waals surface area contributed by atoms with Crippen LogP contribution in [0.5, 0.6) is 0 Å². The molecule has 0 atom stereocenters. The van der Waals surface area contributed by atoms with Gasteiger partial charge >= 0.3 is 0 Å². The van der Waals surface area contributed by atoms with E-state index in [2.05, 4.69) is 4.99 Å². The van der Waals surface area contributed by atoms with Crippen LogP contribution in [0.3, 0.4) is 0 Å². The van der Waals surface area contributed by atoms with E-state index < -0.39 is 0 Å². The standard InChI is InChI=1S/C13H10FN/c14-12-8-6-11(7-9-12)10-15-13-4-2-1-3-5-13/h1-10H. The number of nitrogens with zero attached hydrogens (tertiary/aromatic N) is 1. The fraction of sp³-hybridized carbons (Fsp3) is 0. The van der Waals surface area contributed by atoms with Crippen molar-refractivity contribution in [1.82, 2.24) is 0 Å². The van der Waals surface area contributed by atoms with Gasteiger partial charge < -0.3 is 0 Å². The summed E-state index contributed by atoms with van der Waals surface area (Å²) in [7, 11) is 0. The summed E-state index contributed by atoms with van der Waals surface area (Å²) in [4.78, 5) is 4.26. The minimum atomic E-state index is -0.230. The number of rotatable bonds is 2. The highest BCUT2D eigenvalue weighted by Crippen LogP contribution is 2.09. The van der Waals surface area contributed by atoms with Crippen molar-refractivity contribution in [2.24, 2.45) is 4.99 Å². The largest absolute Gasteiger partial charge is 0.256 e. The van der Waals surface area contributed by atoms with Crippen molar-refractivity contribution in [1.29, 1.82) is 0 Å². The molecule has 0 aliphatic heterocycles. The lowest BCUT2D eigenvalue weighted by Crippen LogP contribution is -1.80. The van der Waals surface area contributed by atoms with Crippen molar-refractivity contribution in [2.75, 3.05) is 0 Å². The minimum absolute atomic E-state index is 0.230. The predicted molar refractivity (Wildman–Crippen MR) is 60.1 cm³/mol. The molecule has 2 heteroatoms. The molecule has 0 heterocycles. The molecule has 0 aliphatic rings. The summed E-state index contributed by atoms with van der Waals surface area (Å²) < 4.78 is 12.6. The zero-order chi connectivity index (χ0) is 10.5. The van der Waals surface area contributed by atoms with E-state index in [1.165, 1.54) is 12.1 Å². The zero-order valence-corrected chi connectivity index (χ0v) is 8.10. The van der Waals surface area contributed by atoms with Gasteiger partial charge in [-0.1, -0.05) is 30.3 Å². The topological polar surface area (TPSA) is 12.4 Å². The van der Waals surface area contributed by atoms with Gasteiger partial charge in [-0.15, -0.1) is 0 Å².